The zero-order chi connectivity index (χ0) is 11.4. The zero-order valence-corrected chi connectivity index (χ0v) is 10.4. The van der Waals surface area contributed by atoms with E-state index >= 15 is 0 Å². The normalized spacial score (nSPS) is 14.8. The van der Waals surface area contributed by atoms with Gasteiger partial charge in [-0.05, 0) is 31.2 Å². The maximum atomic E-state index is 5.56. The van der Waals surface area contributed by atoms with Crippen LogP contribution in [0.15, 0.2) is 23.1 Å². The third-order valence-corrected chi connectivity index (χ3v) is 3.78. The van der Waals surface area contributed by atoms with Crippen LogP contribution in [-0.4, -0.2) is 32.5 Å². The van der Waals surface area contributed by atoms with Gasteiger partial charge in [-0.2, -0.15) is 0 Å². The zero-order valence-electron chi connectivity index (χ0n) is 9.61. The van der Waals surface area contributed by atoms with Gasteiger partial charge >= 0.3 is 0 Å². The smallest absolute Gasteiger partial charge is 0.120 e. The number of benzene rings is 1. The minimum atomic E-state index is 0.759. The number of nitrogens with two attached hydrogens (primary N) is 1. The van der Waals surface area contributed by atoms with E-state index in [4.69, 9.17) is 10.5 Å². The Morgan fingerprint density at radius 3 is 3.12 bits per heavy atom. The molecule has 2 rings (SSSR count). The number of methoxy groups -OCH3 is 1. The van der Waals surface area contributed by atoms with Gasteiger partial charge in [0.2, 0.25) is 0 Å². The molecule has 0 atom stereocenters. The molecule has 0 spiro atoms. The summed E-state index contributed by atoms with van der Waals surface area (Å²) in [6.45, 7) is 2.93. The molecule has 0 saturated carbocycles. The highest BCUT2D eigenvalue weighted by Crippen LogP contribution is 2.37. The number of hydrogen-bond acceptors (Lipinski definition) is 4. The number of ether oxygens (including phenoxy) is 1. The average Bonchev–Trinajstić information content (AvgIpc) is 2.35. The van der Waals surface area contributed by atoms with Gasteiger partial charge in [-0.1, -0.05) is 0 Å². The lowest BCUT2D eigenvalue weighted by molar-refractivity contribution is 0.413. The molecule has 0 fully saturated rings. The van der Waals surface area contributed by atoms with Crippen LogP contribution in [-0.2, 0) is 0 Å². The van der Waals surface area contributed by atoms with Crippen LogP contribution in [0, 0.1) is 0 Å². The number of thioether (sulfide) groups is 1. The maximum Gasteiger partial charge on any atom is 0.120 e. The van der Waals surface area contributed by atoms with E-state index in [1.807, 2.05) is 17.8 Å². The molecule has 0 unspecified atom stereocenters. The van der Waals surface area contributed by atoms with Crippen LogP contribution < -0.4 is 15.4 Å². The maximum absolute atomic E-state index is 5.56. The predicted octanol–water partition coefficient (Wildman–Crippen LogP) is 1.96. The SMILES string of the molecule is COc1ccc2c(c1)SCCN2CCCN. The van der Waals surface area contributed by atoms with Crippen molar-refractivity contribution in [2.75, 3.05) is 37.4 Å². The van der Waals surface area contributed by atoms with Crippen LogP contribution >= 0.6 is 11.8 Å². The molecule has 0 bridgehead atoms. The van der Waals surface area contributed by atoms with E-state index in [0.29, 0.717) is 0 Å². The van der Waals surface area contributed by atoms with E-state index in [2.05, 4.69) is 17.0 Å². The van der Waals surface area contributed by atoms with Crippen molar-refractivity contribution in [1.29, 1.82) is 0 Å². The Bertz CT molecular complexity index is 357. The molecule has 1 heterocycles. The fourth-order valence-electron chi connectivity index (χ4n) is 1.90. The number of anilines is 1. The van der Waals surface area contributed by atoms with Crippen molar-refractivity contribution in [3.05, 3.63) is 18.2 Å². The third-order valence-electron chi connectivity index (χ3n) is 2.76. The quantitative estimate of drug-likeness (QED) is 0.870. The number of hydrogen-bond donors (Lipinski definition) is 1. The van der Waals surface area contributed by atoms with E-state index in [1.165, 1.54) is 10.6 Å². The molecular weight excluding hydrogens is 220 g/mol. The molecule has 0 amide bonds. The van der Waals surface area contributed by atoms with Crippen molar-refractivity contribution in [3.8, 4) is 5.75 Å². The van der Waals surface area contributed by atoms with E-state index in [0.717, 1.165) is 37.6 Å². The van der Waals surface area contributed by atoms with Gasteiger partial charge in [0.25, 0.3) is 0 Å². The first-order valence-electron chi connectivity index (χ1n) is 5.61. The number of nitrogens with zero attached hydrogens (tertiary/aromatic N) is 1. The Kier molecular flexibility index (Phi) is 3.96. The third kappa shape index (κ3) is 2.44. The summed E-state index contributed by atoms with van der Waals surface area (Å²) in [4.78, 5) is 3.74. The first-order valence-corrected chi connectivity index (χ1v) is 6.59. The Morgan fingerprint density at radius 2 is 2.38 bits per heavy atom. The highest BCUT2D eigenvalue weighted by molar-refractivity contribution is 7.99. The summed E-state index contributed by atoms with van der Waals surface area (Å²) in [6, 6.07) is 6.30. The van der Waals surface area contributed by atoms with Crippen LogP contribution in [0.3, 0.4) is 0 Å². The van der Waals surface area contributed by atoms with Crippen LogP contribution in [0.25, 0.3) is 0 Å². The standard InChI is InChI=1S/C12H18N2OS/c1-15-10-3-4-11-12(9-10)16-8-7-14(11)6-2-5-13/h3-4,9H,2,5-8,13H2,1H3. The predicted molar refractivity (Wildman–Crippen MR) is 69.6 cm³/mol. The second-order valence-electron chi connectivity index (χ2n) is 3.81. The van der Waals surface area contributed by atoms with Crippen molar-refractivity contribution < 1.29 is 4.74 Å². The Hall–Kier alpha value is -0.870. The highest BCUT2D eigenvalue weighted by atomic mass is 32.2. The van der Waals surface area contributed by atoms with Gasteiger partial charge in [0.1, 0.15) is 5.75 Å². The largest absolute Gasteiger partial charge is 0.497 e. The van der Waals surface area contributed by atoms with Crippen molar-refractivity contribution in [3.63, 3.8) is 0 Å². The monoisotopic (exact) mass is 238 g/mol. The Morgan fingerprint density at radius 1 is 1.50 bits per heavy atom. The lowest BCUT2D eigenvalue weighted by Gasteiger charge is -2.31. The van der Waals surface area contributed by atoms with Crippen LogP contribution in [0.2, 0.25) is 0 Å². The lowest BCUT2D eigenvalue weighted by Crippen LogP contribution is -2.31. The summed E-state index contributed by atoms with van der Waals surface area (Å²) < 4.78 is 5.24. The second kappa shape index (κ2) is 5.46. The Labute approximate surface area is 101 Å². The molecule has 3 nitrogen and oxygen atoms in total. The first kappa shape index (κ1) is 11.6. The van der Waals surface area contributed by atoms with Crippen LogP contribution in [0.1, 0.15) is 6.42 Å². The molecule has 4 heteroatoms. The number of fused-ring (bicyclic) bond motifs is 1. The van der Waals surface area contributed by atoms with E-state index < -0.39 is 0 Å². The van der Waals surface area contributed by atoms with Gasteiger partial charge in [-0.15, -0.1) is 11.8 Å². The van der Waals surface area contributed by atoms with E-state index in [1.54, 1.807) is 7.11 Å². The molecule has 16 heavy (non-hydrogen) atoms. The molecule has 0 saturated heterocycles. The van der Waals surface area contributed by atoms with Crippen molar-refractivity contribution >= 4 is 17.4 Å². The summed E-state index contributed by atoms with van der Waals surface area (Å²) in [5.74, 6) is 2.08. The average molecular weight is 238 g/mol. The van der Waals surface area contributed by atoms with Crippen molar-refractivity contribution in [1.82, 2.24) is 0 Å². The van der Waals surface area contributed by atoms with E-state index in [9.17, 15) is 0 Å². The summed E-state index contributed by atoms with van der Waals surface area (Å²) in [5, 5.41) is 0. The van der Waals surface area contributed by atoms with Gasteiger partial charge in [0.15, 0.2) is 0 Å². The lowest BCUT2D eigenvalue weighted by atomic mass is 10.2. The van der Waals surface area contributed by atoms with Gasteiger partial charge in [-0.3, -0.25) is 0 Å². The molecule has 1 aliphatic heterocycles. The molecule has 0 radical (unpaired) electrons. The highest BCUT2D eigenvalue weighted by Gasteiger charge is 2.17. The molecular formula is C12H18N2OS. The summed E-state index contributed by atoms with van der Waals surface area (Å²) in [6.07, 6.45) is 1.05. The van der Waals surface area contributed by atoms with Gasteiger partial charge < -0.3 is 15.4 Å². The molecule has 1 aromatic carbocycles. The van der Waals surface area contributed by atoms with Crippen LogP contribution in [0.5, 0.6) is 5.75 Å². The minimum absolute atomic E-state index is 0.759. The molecule has 0 aromatic heterocycles. The molecule has 1 aliphatic rings. The topological polar surface area (TPSA) is 38.5 Å². The van der Waals surface area contributed by atoms with Crippen molar-refractivity contribution in [2.24, 2.45) is 5.73 Å². The molecule has 0 aliphatic carbocycles. The van der Waals surface area contributed by atoms with Gasteiger partial charge in [-0.25, -0.2) is 0 Å². The fourth-order valence-corrected chi connectivity index (χ4v) is 2.98. The fraction of sp³-hybridized carbons (Fsp3) is 0.500. The van der Waals surface area contributed by atoms with Gasteiger partial charge in [0, 0.05) is 23.7 Å². The Balaban J connectivity index is 2.18. The van der Waals surface area contributed by atoms with E-state index in [-0.39, 0.29) is 0 Å². The summed E-state index contributed by atoms with van der Waals surface area (Å²) in [7, 11) is 1.71. The summed E-state index contributed by atoms with van der Waals surface area (Å²) in [5.41, 5.74) is 6.88. The second-order valence-corrected chi connectivity index (χ2v) is 4.95. The minimum Gasteiger partial charge on any atom is -0.497 e. The van der Waals surface area contributed by atoms with Crippen LogP contribution in [0.4, 0.5) is 5.69 Å². The molecule has 2 N–H and O–H groups in total. The summed E-state index contributed by atoms with van der Waals surface area (Å²) >= 11 is 1.90. The number of rotatable bonds is 4. The van der Waals surface area contributed by atoms with Gasteiger partial charge in [0.05, 0.1) is 12.8 Å². The molecule has 88 valence electrons. The van der Waals surface area contributed by atoms with Crippen molar-refractivity contribution in [2.45, 2.75) is 11.3 Å². The molecule has 1 aromatic rings. The first-order chi connectivity index (χ1) is 7.85.